The maximum Gasteiger partial charge on any atom is 0.244 e. The highest BCUT2D eigenvalue weighted by molar-refractivity contribution is 7.89. The molecule has 1 aromatic rings. The first kappa shape index (κ1) is 17.4. The summed E-state index contributed by atoms with van der Waals surface area (Å²) in [5, 5.41) is 18.2. The Labute approximate surface area is 128 Å². The largest absolute Gasteiger partial charge is 0.395 e. The van der Waals surface area contributed by atoms with Crippen molar-refractivity contribution in [2.24, 2.45) is 0 Å². The zero-order chi connectivity index (χ0) is 15.3. The summed E-state index contributed by atoms with van der Waals surface area (Å²) in [5.41, 5.74) is 0.150. The van der Waals surface area contributed by atoms with Gasteiger partial charge in [0.25, 0.3) is 0 Å². The lowest BCUT2D eigenvalue weighted by atomic mass is 10.2. The van der Waals surface area contributed by atoms with Crippen LogP contribution in [0.1, 0.15) is 5.56 Å². The summed E-state index contributed by atoms with van der Waals surface area (Å²) in [4.78, 5) is -0.164. The predicted octanol–water partition coefficient (Wildman–Crippen LogP) is 1.65. The minimum absolute atomic E-state index is 0.0380. The lowest BCUT2D eigenvalue weighted by molar-refractivity contribution is 0.260. The van der Waals surface area contributed by atoms with Gasteiger partial charge in [-0.15, -0.1) is 6.58 Å². The van der Waals surface area contributed by atoms with Gasteiger partial charge in [0.1, 0.15) is 4.90 Å². The summed E-state index contributed by atoms with van der Waals surface area (Å²) in [6.07, 6.45) is 1.41. The van der Waals surface area contributed by atoms with Gasteiger partial charge >= 0.3 is 0 Å². The zero-order valence-corrected chi connectivity index (χ0v) is 12.9. The topological polar surface area (TPSA) is 77.8 Å². The van der Waals surface area contributed by atoms with Gasteiger partial charge in [-0.1, -0.05) is 29.3 Å². The van der Waals surface area contributed by atoms with E-state index in [0.29, 0.717) is 0 Å². The van der Waals surface area contributed by atoms with Gasteiger partial charge in [-0.2, -0.15) is 4.31 Å². The summed E-state index contributed by atoms with van der Waals surface area (Å²) in [7, 11) is -3.91. The van der Waals surface area contributed by atoms with Crippen LogP contribution in [0.3, 0.4) is 0 Å². The zero-order valence-electron chi connectivity index (χ0n) is 10.6. The van der Waals surface area contributed by atoms with E-state index in [1.807, 2.05) is 0 Å². The number of aliphatic hydroxyl groups excluding tert-OH is 2. The lowest BCUT2D eigenvalue weighted by Gasteiger charge is -2.21. The fourth-order valence-corrected chi connectivity index (χ4v) is 3.90. The first-order valence-electron chi connectivity index (χ1n) is 5.69. The third-order valence-electron chi connectivity index (χ3n) is 2.61. The molecule has 0 spiro atoms. The van der Waals surface area contributed by atoms with E-state index in [0.717, 1.165) is 4.31 Å². The molecule has 5 nitrogen and oxygen atoms in total. The number of hydrogen-bond donors (Lipinski definition) is 2. The van der Waals surface area contributed by atoms with E-state index < -0.39 is 16.6 Å². The monoisotopic (exact) mass is 339 g/mol. The van der Waals surface area contributed by atoms with Crippen molar-refractivity contribution >= 4 is 33.2 Å². The lowest BCUT2D eigenvalue weighted by Crippen LogP contribution is -2.34. The average molecular weight is 340 g/mol. The second kappa shape index (κ2) is 7.40. The predicted molar refractivity (Wildman–Crippen MR) is 78.4 cm³/mol. The van der Waals surface area contributed by atoms with E-state index in [1.54, 1.807) is 0 Å². The molecular weight excluding hydrogens is 325 g/mol. The molecule has 0 bridgehead atoms. The summed E-state index contributed by atoms with van der Waals surface area (Å²) in [6, 6.07) is 2.63. The van der Waals surface area contributed by atoms with E-state index in [1.165, 1.54) is 18.2 Å². The van der Waals surface area contributed by atoms with Gasteiger partial charge in [-0.05, 0) is 12.1 Å². The molecule has 0 saturated heterocycles. The van der Waals surface area contributed by atoms with Gasteiger partial charge in [0, 0.05) is 23.7 Å². The number of rotatable bonds is 7. The Hall–Kier alpha value is -0.630. The Bertz CT molecular complexity index is 589. The molecule has 2 N–H and O–H groups in total. The van der Waals surface area contributed by atoms with E-state index in [2.05, 4.69) is 6.58 Å². The number of nitrogens with zero attached hydrogens (tertiary/aromatic N) is 1. The summed E-state index contributed by atoms with van der Waals surface area (Å²) >= 11 is 11.8. The first-order valence-corrected chi connectivity index (χ1v) is 7.89. The number of hydrogen-bond acceptors (Lipinski definition) is 4. The van der Waals surface area contributed by atoms with Crippen molar-refractivity contribution in [1.29, 1.82) is 0 Å². The molecule has 0 aliphatic carbocycles. The van der Waals surface area contributed by atoms with E-state index in [-0.39, 0.29) is 40.2 Å². The van der Waals surface area contributed by atoms with Crippen LogP contribution in [0.25, 0.3) is 0 Å². The van der Waals surface area contributed by atoms with Crippen LogP contribution in [0.15, 0.2) is 29.7 Å². The first-order chi connectivity index (χ1) is 9.39. The molecule has 1 rings (SSSR count). The Morgan fingerprint density at radius 2 is 1.95 bits per heavy atom. The highest BCUT2D eigenvalue weighted by Crippen LogP contribution is 2.32. The van der Waals surface area contributed by atoms with Gasteiger partial charge in [-0.25, -0.2) is 8.42 Å². The number of aliphatic hydroxyl groups is 2. The van der Waals surface area contributed by atoms with Crippen LogP contribution < -0.4 is 0 Å². The molecule has 0 fully saturated rings. The fourth-order valence-electron chi connectivity index (χ4n) is 1.62. The molecule has 0 heterocycles. The average Bonchev–Trinajstić information content (AvgIpc) is 2.38. The van der Waals surface area contributed by atoms with Gasteiger partial charge in [0.15, 0.2) is 0 Å². The minimum Gasteiger partial charge on any atom is -0.395 e. The van der Waals surface area contributed by atoms with Crippen LogP contribution >= 0.6 is 23.2 Å². The van der Waals surface area contributed by atoms with Gasteiger partial charge in [0.05, 0.1) is 18.2 Å². The van der Waals surface area contributed by atoms with E-state index in [4.69, 9.17) is 28.3 Å². The third-order valence-corrected chi connectivity index (χ3v) is 5.41. The maximum atomic E-state index is 12.5. The molecule has 0 unspecified atom stereocenters. The Balaban J connectivity index is 3.37. The smallest absolute Gasteiger partial charge is 0.244 e. The van der Waals surface area contributed by atoms with Gasteiger partial charge in [-0.3, -0.25) is 0 Å². The van der Waals surface area contributed by atoms with Crippen LogP contribution in [0, 0.1) is 0 Å². The standard InChI is InChI=1S/C12H15Cl2NO4S/c1-2-5-15(6-7-16)20(18,19)11-4-3-10(13)9(8-17)12(11)14/h2-4,16-17H,1,5-8H2. The summed E-state index contributed by atoms with van der Waals surface area (Å²) in [5.74, 6) is 0. The molecular formula is C12H15Cl2NO4S. The maximum absolute atomic E-state index is 12.5. The van der Waals surface area contributed by atoms with Crippen molar-refractivity contribution in [2.45, 2.75) is 11.5 Å². The van der Waals surface area contributed by atoms with Crippen molar-refractivity contribution in [2.75, 3.05) is 19.7 Å². The molecule has 112 valence electrons. The molecule has 0 amide bonds. The van der Waals surface area contributed by atoms with Crippen LogP contribution in [0.2, 0.25) is 10.0 Å². The van der Waals surface area contributed by atoms with Crippen LogP contribution in [0.4, 0.5) is 0 Å². The molecule has 1 aromatic carbocycles. The summed E-state index contributed by atoms with van der Waals surface area (Å²) in [6.45, 7) is 2.64. The molecule has 0 aliphatic rings. The number of benzene rings is 1. The Kier molecular flexibility index (Phi) is 6.44. The van der Waals surface area contributed by atoms with Gasteiger partial charge < -0.3 is 10.2 Å². The van der Waals surface area contributed by atoms with Crippen LogP contribution in [-0.2, 0) is 16.6 Å². The number of halogens is 2. The SMILES string of the molecule is C=CCN(CCO)S(=O)(=O)c1ccc(Cl)c(CO)c1Cl. The fraction of sp³-hybridized carbons (Fsp3) is 0.333. The molecule has 0 aromatic heterocycles. The van der Waals surface area contributed by atoms with E-state index >= 15 is 0 Å². The molecule has 0 saturated carbocycles. The van der Waals surface area contributed by atoms with E-state index in [9.17, 15) is 13.5 Å². The molecule has 20 heavy (non-hydrogen) atoms. The Morgan fingerprint density at radius 1 is 1.30 bits per heavy atom. The van der Waals surface area contributed by atoms with Crippen molar-refractivity contribution in [1.82, 2.24) is 4.31 Å². The molecule has 8 heteroatoms. The van der Waals surface area contributed by atoms with Gasteiger partial charge in [0.2, 0.25) is 10.0 Å². The second-order valence-corrected chi connectivity index (χ2v) is 6.56. The van der Waals surface area contributed by atoms with Crippen LogP contribution in [0.5, 0.6) is 0 Å². The van der Waals surface area contributed by atoms with Crippen molar-refractivity contribution in [3.05, 3.63) is 40.4 Å². The summed E-state index contributed by atoms with van der Waals surface area (Å²) < 4.78 is 26.0. The van der Waals surface area contributed by atoms with Crippen molar-refractivity contribution in [3.63, 3.8) is 0 Å². The normalized spacial score (nSPS) is 11.8. The van der Waals surface area contributed by atoms with Crippen molar-refractivity contribution < 1.29 is 18.6 Å². The van der Waals surface area contributed by atoms with Crippen LogP contribution in [-0.4, -0.2) is 42.6 Å². The molecule has 0 aliphatic heterocycles. The third kappa shape index (κ3) is 3.52. The second-order valence-electron chi connectivity index (χ2n) is 3.87. The molecule has 0 atom stereocenters. The van der Waals surface area contributed by atoms with Crippen molar-refractivity contribution in [3.8, 4) is 0 Å². The quantitative estimate of drug-likeness (QED) is 0.740. The molecule has 0 radical (unpaired) electrons. The number of sulfonamides is 1. The highest BCUT2D eigenvalue weighted by atomic mass is 35.5. The Morgan fingerprint density at radius 3 is 2.45 bits per heavy atom. The highest BCUT2D eigenvalue weighted by Gasteiger charge is 2.27. The minimum atomic E-state index is -3.91.